The quantitative estimate of drug-likeness (QED) is 0.362. The van der Waals surface area contributed by atoms with E-state index in [1.807, 2.05) is 0 Å². The lowest BCUT2D eigenvalue weighted by atomic mass is 10.3. The zero-order valence-electron chi connectivity index (χ0n) is 8.23. The molecular formula is C10H9BrClNO3. The molecule has 0 unspecified atom stereocenters. The van der Waals surface area contributed by atoms with Crippen molar-refractivity contribution in [3.05, 3.63) is 44.9 Å². The van der Waals surface area contributed by atoms with Crippen LogP contribution in [0.4, 0.5) is 5.69 Å². The van der Waals surface area contributed by atoms with E-state index < -0.39 is 4.92 Å². The lowest BCUT2D eigenvalue weighted by Crippen LogP contribution is -1.99. The first kappa shape index (κ1) is 13.0. The Balaban J connectivity index is 2.84. The number of alkyl halides is 1. The molecule has 1 aromatic carbocycles. The Morgan fingerprint density at radius 2 is 2.25 bits per heavy atom. The maximum absolute atomic E-state index is 10.7. The van der Waals surface area contributed by atoms with Gasteiger partial charge in [-0.2, -0.15) is 0 Å². The number of nitrogens with zero attached hydrogens (tertiary/aromatic N) is 1. The number of para-hydroxylation sites is 1. The molecule has 6 heteroatoms. The Bertz CT molecular complexity index is 409. The Hall–Kier alpha value is -1.07. The molecule has 1 rings (SSSR count). The second-order valence-electron chi connectivity index (χ2n) is 2.78. The smallest absolute Gasteiger partial charge is 0.312 e. The Morgan fingerprint density at radius 3 is 2.88 bits per heavy atom. The SMILES string of the molecule is O=[N+]([O-])c1cccc(Br)c1OC/C=C/CCl. The molecule has 0 saturated heterocycles. The minimum Gasteiger partial charge on any atom is -0.482 e. The molecule has 0 spiro atoms. The summed E-state index contributed by atoms with van der Waals surface area (Å²) in [5.41, 5.74) is -0.0614. The molecule has 4 nitrogen and oxygen atoms in total. The summed E-state index contributed by atoms with van der Waals surface area (Å²) < 4.78 is 5.85. The fourth-order valence-corrected chi connectivity index (χ4v) is 1.64. The highest BCUT2D eigenvalue weighted by atomic mass is 79.9. The summed E-state index contributed by atoms with van der Waals surface area (Å²) >= 11 is 8.64. The van der Waals surface area contributed by atoms with Crippen molar-refractivity contribution in [1.82, 2.24) is 0 Å². The largest absolute Gasteiger partial charge is 0.482 e. The van der Waals surface area contributed by atoms with Crippen LogP contribution in [0.15, 0.2) is 34.8 Å². The van der Waals surface area contributed by atoms with Gasteiger partial charge in [-0.05, 0) is 22.0 Å². The molecule has 86 valence electrons. The van der Waals surface area contributed by atoms with Gasteiger partial charge >= 0.3 is 5.69 Å². The Kier molecular flexibility index (Phi) is 5.28. The number of ether oxygens (including phenoxy) is 1. The zero-order chi connectivity index (χ0) is 12.0. The van der Waals surface area contributed by atoms with Crippen molar-refractivity contribution < 1.29 is 9.66 Å². The summed E-state index contributed by atoms with van der Waals surface area (Å²) in [6, 6.07) is 4.67. The van der Waals surface area contributed by atoms with Crippen LogP contribution in [0.1, 0.15) is 0 Å². The van der Waals surface area contributed by atoms with Gasteiger partial charge in [0, 0.05) is 11.9 Å². The van der Waals surface area contributed by atoms with Crippen molar-refractivity contribution in [2.45, 2.75) is 0 Å². The van der Waals surface area contributed by atoms with Crippen LogP contribution < -0.4 is 4.74 Å². The third-order valence-corrected chi connectivity index (χ3v) is 2.53. The predicted molar refractivity (Wildman–Crippen MR) is 66.2 cm³/mol. The van der Waals surface area contributed by atoms with E-state index in [1.54, 1.807) is 24.3 Å². The summed E-state index contributed by atoms with van der Waals surface area (Å²) in [5, 5.41) is 10.7. The Morgan fingerprint density at radius 1 is 1.50 bits per heavy atom. The van der Waals surface area contributed by atoms with Gasteiger partial charge in [-0.15, -0.1) is 11.6 Å². The standard InChI is InChI=1S/C10H9BrClNO3/c11-8-4-3-5-9(13(14)15)10(8)16-7-2-1-6-12/h1-5H,6-7H2/b2-1+. The molecule has 0 amide bonds. The second kappa shape index (κ2) is 6.50. The summed E-state index contributed by atoms with van der Waals surface area (Å²) in [4.78, 5) is 10.2. The van der Waals surface area contributed by atoms with Gasteiger partial charge in [0.2, 0.25) is 5.75 Å². The molecule has 0 N–H and O–H groups in total. The van der Waals surface area contributed by atoms with E-state index in [1.165, 1.54) is 6.07 Å². The lowest BCUT2D eigenvalue weighted by Gasteiger charge is -2.05. The number of nitro groups is 1. The Labute approximate surface area is 106 Å². The number of benzene rings is 1. The molecule has 0 aliphatic heterocycles. The molecule has 0 aliphatic rings. The van der Waals surface area contributed by atoms with Crippen molar-refractivity contribution >= 4 is 33.2 Å². The molecule has 0 fully saturated rings. The molecule has 16 heavy (non-hydrogen) atoms. The highest BCUT2D eigenvalue weighted by Crippen LogP contribution is 2.34. The molecular weight excluding hydrogens is 297 g/mol. The van der Waals surface area contributed by atoms with Crippen molar-refractivity contribution in [2.24, 2.45) is 0 Å². The van der Waals surface area contributed by atoms with E-state index in [0.717, 1.165) is 0 Å². The minimum absolute atomic E-state index is 0.0614. The van der Waals surface area contributed by atoms with E-state index in [2.05, 4.69) is 15.9 Å². The fourth-order valence-electron chi connectivity index (χ4n) is 1.05. The van der Waals surface area contributed by atoms with Crippen molar-refractivity contribution in [2.75, 3.05) is 12.5 Å². The molecule has 0 atom stereocenters. The molecule has 0 saturated carbocycles. The summed E-state index contributed by atoms with van der Waals surface area (Å²) in [7, 11) is 0. The average Bonchev–Trinajstić information content (AvgIpc) is 2.25. The van der Waals surface area contributed by atoms with E-state index in [0.29, 0.717) is 10.4 Å². The van der Waals surface area contributed by atoms with Gasteiger partial charge in [0.1, 0.15) is 6.61 Å². The van der Waals surface area contributed by atoms with Crippen LogP contribution in [0.5, 0.6) is 5.75 Å². The van der Waals surface area contributed by atoms with Gasteiger partial charge in [-0.1, -0.05) is 18.2 Å². The van der Waals surface area contributed by atoms with E-state index in [9.17, 15) is 10.1 Å². The first-order valence-corrected chi connectivity index (χ1v) is 5.76. The van der Waals surface area contributed by atoms with E-state index >= 15 is 0 Å². The molecule has 0 bridgehead atoms. The van der Waals surface area contributed by atoms with Crippen LogP contribution in [0.2, 0.25) is 0 Å². The van der Waals surface area contributed by atoms with Gasteiger partial charge < -0.3 is 4.74 Å². The van der Waals surface area contributed by atoms with Gasteiger partial charge in [-0.25, -0.2) is 0 Å². The zero-order valence-corrected chi connectivity index (χ0v) is 10.6. The van der Waals surface area contributed by atoms with Crippen LogP contribution in [0.25, 0.3) is 0 Å². The molecule has 0 radical (unpaired) electrons. The first-order valence-electron chi connectivity index (χ1n) is 4.43. The average molecular weight is 307 g/mol. The van der Waals surface area contributed by atoms with E-state index in [4.69, 9.17) is 16.3 Å². The van der Waals surface area contributed by atoms with Crippen LogP contribution in [0.3, 0.4) is 0 Å². The van der Waals surface area contributed by atoms with Crippen LogP contribution in [-0.2, 0) is 0 Å². The monoisotopic (exact) mass is 305 g/mol. The van der Waals surface area contributed by atoms with Gasteiger partial charge in [0.15, 0.2) is 0 Å². The summed E-state index contributed by atoms with van der Waals surface area (Å²) in [6.07, 6.45) is 3.42. The third kappa shape index (κ3) is 3.50. The summed E-state index contributed by atoms with van der Waals surface area (Å²) in [5.74, 6) is 0.619. The highest BCUT2D eigenvalue weighted by molar-refractivity contribution is 9.10. The first-order chi connectivity index (χ1) is 7.66. The van der Waals surface area contributed by atoms with Crippen molar-refractivity contribution in [1.29, 1.82) is 0 Å². The van der Waals surface area contributed by atoms with Crippen LogP contribution in [-0.4, -0.2) is 17.4 Å². The highest BCUT2D eigenvalue weighted by Gasteiger charge is 2.17. The van der Waals surface area contributed by atoms with Crippen LogP contribution in [0, 0.1) is 10.1 Å². The maximum Gasteiger partial charge on any atom is 0.312 e. The molecule has 0 heterocycles. The fraction of sp³-hybridized carbons (Fsp3) is 0.200. The lowest BCUT2D eigenvalue weighted by molar-refractivity contribution is -0.385. The predicted octanol–water partition coefficient (Wildman–Crippen LogP) is 3.53. The van der Waals surface area contributed by atoms with Crippen molar-refractivity contribution in [3.63, 3.8) is 0 Å². The third-order valence-electron chi connectivity index (χ3n) is 1.72. The number of allylic oxidation sites excluding steroid dienone is 1. The number of halogens is 2. The van der Waals surface area contributed by atoms with E-state index in [-0.39, 0.29) is 18.0 Å². The number of hydrogen-bond acceptors (Lipinski definition) is 3. The second-order valence-corrected chi connectivity index (χ2v) is 3.94. The van der Waals surface area contributed by atoms with Crippen LogP contribution >= 0.6 is 27.5 Å². The molecule has 0 aromatic heterocycles. The summed E-state index contributed by atoms with van der Waals surface area (Å²) in [6.45, 7) is 0.246. The number of hydrogen-bond donors (Lipinski definition) is 0. The molecule has 1 aromatic rings. The topological polar surface area (TPSA) is 52.4 Å². The molecule has 0 aliphatic carbocycles. The number of nitro benzene ring substituents is 1. The van der Waals surface area contributed by atoms with Crippen molar-refractivity contribution in [3.8, 4) is 5.75 Å². The van der Waals surface area contributed by atoms with Gasteiger partial charge in [-0.3, -0.25) is 10.1 Å². The normalized spacial score (nSPS) is 10.6. The number of rotatable bonds is 5. The van der Waals surface area contributed by atoms with Gasteiger partial charge in [0.25, 0.3) is 0 Å². The minimum atomic E-state index is -0.481. The van der Waals surface area contributed by atoms with Gasteiger partial charge in [0.05, 0.1) is 9.40 Å². The maximum atomic E-state index is 10.7.